The van der Waals surface area contributed by atoms with Crippen LogP contribution in [0.4, 0.5) is 5.69 Å². The lowest BCUT2D eigenvalue weighted by atomic mass is 9.96. The zero-order valence-electron chi connectivity index (χ0n) is 12.2. The molecule has 0 spiro atoms. The number of hydrogen-bond acceptors (Lipinski definition) is 4. The molecule has 1 aromatic rings. The molecule has 2 rings (SSSR count). The fourth-order valence-electron chi connectivity index (χ4n) is 2.84. The third-order valence-electron chi connectivity index (χ3n) is 4.06. The van der Waals surface area contributed by atoms with Gasteiger partial charge in [0.05, 0.1) is 10.6 Å². The van der Waals surface area contributed by atoms with E-state index in [0.717, 1.165) is 25.1 Å². The van der Waals surface area contributed by atoms with Gasteiger partial charge in [0.2, 0.25) is 0 Å². The van der Waals surface area contributed by atoms with Crippen molar-refractivity contribution in [3.05, 3.63) is 24.3 Å². The Kier molecular flexibility index (Phi) is 4.70. The lowest BCUT2D eigenvalue weighted by molar-refractivity contribution is 0.413. The van der Waals surface area contributed by atoms with Crippen LogP contribution in [0.15, 0.2) is 29.2 Å². The first-order chi connectivity index (χ1) is 9.45. The Morgan fingerprint density at radius 1 is 1.30 bits per heavy atom. The summed E-state index contributed by atoms with van der Waals surface area (Å²) in [6.45, 7) is 4.70. The van der Waals surface area contributed by atoms with Gasteiger partial charge in [-0.1, -0.05) is 6.92 Å². The van der Waals surface area contributed by atoms with Crippen molar-refractivity contribution in [1.29, 1.82) is 0 Å². The van der Waals surface area contributed by atoms with E-state index in [4.69, 9.17) is 5.73 Å². The van der Waals surface area contributed by atoms with E-state index >= 15 is 0 Å². The maximum atomic E-state index is 11.8. The van der Waals surface area contributed by atoms with Crippen molar-refractivity contribution < 1.29 is 8.42 Å². The van der Waals surface area contributed by atoms with Crippen molar-refractivity contribution in [1.82, 2.24) is 0 Å². The van der Waals surface area contributed by atoms with Crippen LogP contribution in [0.3, 0.4) is 0 Å². The zero-order valence-corrected chi connectivity index (χ0v) is 13.1. The minimum absolute atomic E-state index is 0.120. The van der Waals surface area contributed by atoms with Gasteiger partial charge >= 0.3 is 0 Å². The van der Waals surface area contributed by atoms with E-state index in [1.807, 2.05) is 19.1 Å². The van der Waals surface area contributed by atoms with Gasteiger partial charge in [-0.3, -0.25) is 0 Å². The monoisotopic (exact) mass is 296 g/mol. The first kappa shape index (κ1) is 15.3. The zero-order chi connectivity index (χ0) is 14.8. The van der Waals surface area contributed by atoms with Crippen LogP contribution in [0.1, 0.15) is 33.1 Å². The number of nitrogens with zero attached hydrogens (tertiary/aromatic N) is 1. The normalized spacial score (nSPS) is 21.8. The second kappa shape index (κ2) is 6.14. The Morgan fingerprint density at radius 3 is 2.50 bits per heavy atom. The first-order valence-corrected chi connectivity index (χ1v) is 8.96. The quantitative estimate of drug-likeness (QED) is 0.925. The smallest absolute Gasteiger partial charge is 0.178 e. The van der Waals surface area contributed by atoms with Crippen molar-refractivity contribution in [3.8, 4) is 0 Å². The molecule has 1 fully saturated rings. The molecule has 0 radical (unpaired) electrons. The number of rotatable bonds is 4. The summed E-state index contributed by atoms with van der Waals surface area (Å²) in [5.74, 6) is 0.137. The summed E-state index contributed by atoms with van der Waals surface area (Å²) in [5, 5.41) is 0. The van der Waals surface area contributed by atoms with Crippen LogP contribution >= 0.6 is 0 Å². The highest BCUT2D eigenvalue weighted by Crippen LogP contribution is 2.27. The fourth-order valence-corrected chi connectivity index (χ4v) is 3.72. The second-order valence-electron chi connectivity index (χ2n) is 5.51. The maximum Gasteiger partial charge on any atom is 0.178 e. The molecule has 2 atom stereocenters. The third-order valence-corrected chi connectivity index (χ3v) is 5.81. The molecular weight excluding hydrogens is 272 g/mol. The largest absolute Gasteiger partial charge is 0.367 e. The van der Waals surface area contributed by atoms with Crippen molar-refractivity contribution >= 4 is 15.5 Å². The standard InChI is InChI=1S/C15H24N2O2S/c1-3-20(18,19)14-9-7-13(8-10-14)17-11-5-4-6-15(17)12(2)16/h7-10,12,15H,3-6,11,16H2,1-2H3. The Hall–Kier alpha value is -1.07. The molecule has 5 heteroatoms. The Labute approximate surface area is 121 Å². The molecule has 1 aliphatic heterocycles. The molecule has 1 aliphatic rings. The molecule has 0 amide bonds. The summed E-state index contributed by atoms with van der Waals surface area (Å²) in [7, 11) is -3.12. The SMILES string of the molecule is CCS(=O)(=O)c1ccc(N2CCCCC2C(C)N)cc1. The molecule has 1 heterocycles. The second-order valence-corrected chi connectivity index (χ2v) is 7.79. The number of sulfone groups is 1. The van der Waals surface area contributed by atoms with Gasteiger partial charge < -0.3 is 10.6 Å². The van der Waals surface area contributed by atoms with Gasteiger partial charge in [-0.2, -0.15) is 0 Å². The van der Waals surface area contributed by atoms with Crippen LogP contribution in [0.25, 0.3) is 0 Å². The summed E-state index contributed by atoms with van der Waals surface area (Å²) in [6, 6.07) is 7.70. The van der Waals surface area contributed by atoms with Crippen LogP contribution in [-0.4, -0.2) is 32.8 Å². The number of nitrogens with two attached hydrogens (primary N) is 1. The van der Waals surface area contributed by atoms with Crippen molar-refractivity contribution in [3.63, 3.8) is 0 Å². The van der Waals surface area contributed by atoms with Crippen LogP contribution in [0.5, 0.6) is 0 Å². The molecule has 2 N–H and O–H groups in total. The fraction of sp³-hybridized carbons (Fsp3) is 0.600. The van der Waals surface area contributed by atoms with Crippen molar-refractivity contribution in [2.45, 2.75) is 50.1 Å². The average Bonchev–Trinajstić information content (AvgIpc) is 2.47. The summed E-state index contributed by atoms with van der Waals surface area (Å²) in [5.41, 5.74) is 7.15. The number of benzene rings is 1. The van der Waals surface area contributed by atoms with Gasteiger partial charge in [-0.15, -0.1) is 0 Å². The van der Waals surface area contributed by atoms with Crippen molar-refractivity contribution in [2.75, 3.05) is 17.2 Å². The first-order valence-electron chi connectivity index (χ1n) is 7.30. The van der Waals surface area contributed by atoms with Gasteiger partial charge in [-0.05, 0) is 50.5 Å². The van der Waals surface area contributed by atoms with Gasteiger partial charge in [0.15, 0.2) is 9.84 Å². The predicted molar refractivity (Wildman–Crippen MR) is 82.8 cm³/mol. The topological polar surface area (TPSA) is 63.4 Å². The highest BCUT2D eigenvalue weighted by atomic mass is 32.2. The van der Waals surface area contributed by atoms with E-state index < -0.39 is 9.84 Å². The molecule has 4 nitrogen and oxygen atoms in total. The lowest BCUT2D eigenvalue weighted by Gasteiger charge is -2.39. The van der Waals surface area contributed by atoms with E-state index in [1.54, 1.807) is 19.1 Å². The van der Waals surface area contributed by atoms with E-state index in [0.29, 0.717) is 10.9 Å². The molecule has 0 aliphatic carbocycles. The van der Waals surface area contributed by atoms with E-state index in [2.05, 4.69) is 4.90 Å². The van der Waals surface area contributed by atoms with Crippen LogP contribution in [0.2, 0.25) is 0 Å². The van der Waals surface area contributed by atoms with E-state index in [1.165, 1.54) is 6.42 Å². The van der Waals surface area contributed by atoms with Crippen LogP contribution in [-0.2, 0) is 9.84 Å². The number of hydrogen-bond donors (Lipinski definition) is 1. The molecule has 0 aromatic heterocycles. The maximum absolute atomic E-state index is 11.8. The minimum Gasteiger partial charge on any atom is -0.367 e. The Morgan fingerprint density at radius 2 is 1.95 bits per heavy atom. The average molecular weight is 296 g/mol. The molecule has 20 heavy (non-hydrogen) atoms. The van der Waals surface area contributed by atoms with Gasteiger partial charge in [0, 0.05) is 24.3 Å². The molecule has 112 valence electrons. The molecule has 2 unspecified atom stereocenters. The van der Waals surface area contributed by atoms with Gasteiger partial charge in [0.1, 0.15) is 0 Å². The van der Waals surface area contributed by atoms with Crippen molar-refractivity contribution in [2.24, 2.45) is 5.73 Å². The highest BCUT2D eigenvalue weighted by molar-refractivity contribution is 7.91. The lowest BCUT2D eigenvalue weighted by Crippen LogP contribution is -2.49. The summed E-state index contributed by atoms with van der Waals surface area (Å²) in [4.78, 5) is 2.72. The van der Waals surface area contributed by atoms with Crippen LogP contribution in [0, 0.1) is 0 Å². The molecular formula is C15H24N2O2S. The number of piperidine rings is 1. The molecule has 0 saturated carbocycles. The molecule has 1 saturated heterocycles. The summed E-state index contributed by atoms with van der Waals surface area (Å²) < 4.78 is 23.7. The third kappa shape index (κ3) is 3.15. The molecule has 1 aromatic carbocycles. The minimum atomic E-state index is -3.12. The van der Waals surface area contributed by atoms with Gasteiger partial charge in [-0.25, -0.2) is 8.42 Å². The van der Waals surface area contributed by atoms with E-state index in [-0.39, 0.29) is 11.8 Å². The predicted octanol–water partition coefficient (Wildman–Crippen LogP) is 2.19. The van der Waals surface area contributed by atoms with Gasteiger partial charge in [0.25, 0.3) is 0 Å². The Balaban J connectivity index is 2.24. The highest BCUT2D eigenvalue weighted by Gasteiger charge is 2.25. The summed E-state index contributed by atoms with van der Waals surface area (Å²) >= 11 is 0. The summed E-state index contributed by atoms with van der Waals surface area (Å²) in [6.07, 6.45) is 3.48. The van der Waals surface area contributed by atoms with Crippen LogP contribution < -0.4 is 10.6 Å². The van der Waals surface area contributed by atoms with E-state index in [9.17, 15) is 8.42 Å². The molecule has 0 bridgehead atoms. The number of anilines is 1. The Bertz CT molecular complexity index is 537.